The van der Waals surface area contributed by atoms with Gasteiger partial charge in [-0.05, 0) is 37.6 Å². The van der Waals surface area contributed by atoms with Crippen LogP contribution in [-0.2, 0) is 19.0 Å². The molecule has 0 saturated heterocycles. The number of hydrogen-bond acceptors (Lipinski definition) is 3. The zero-order chi connectivity index (χ0) is 14.2. The van der Waals surface area contributed by atoms with Crippen molar-refractivity contribution in [3.63, 3.8) is 0 Å². The van der Waals surface area contributed by atoms with Crippen molar-refractivity contribution in [3.8, 4) is 0 Å². The molecule has 0 spiro atoms. The van der Waals surface area contributed by atoms with Crippen molar-refractivity contribution in [1.29, 1.82) is 0 Å². The number of aryl methyl sites for hydroxylation is 1. The van der Waals surface area contributed by atoms with Crippen LogP contribution in [0.1, 0.15) is 24.1 Å². The highest BCUT2D eigenvalue weighted by Gasteiger charge is 2.44. The number of rotatable bonds is 5. The van der Waals surface area contributed by atoms with E-state index in [0.717, 1.165) is 23.3 Å². The van der Waals surface area contributed by atoms with Gasteiger partial charge in [-0.15, -0.1) is 5.10 Å². The van der Waals surface area contributed by atoms with Crippen molar-refractivity contribution in [3.05, 3.63) is 46.2 Å². The maximum absolute atomic E-state index is 3.98. The lowest BCUT2D eigenvalue weighted by molar-refractivity contribution is 0.287. The summed E-state index contributed by atoms with van der Waals surface area (Å²) < 4.78 is 2.99. The summed E-state index contributed by atoms with van der Waals surface area (Å²) >= 11 is 3.50. The van der Waals surface area contributed by atoms with Gasteiger partial charge in [0.05, 0.1) is 11.9 Å². The highest BCUT2D eigenvalue weighted by Crippen LogP contribution is 2.48. The van der Waals surface area contributed by atoms with E-state index in [1.807, 2.05) is 17.9 Å². The van der Waals surface area contributed by atoms with Gasteiger partial charge in [-0.1, -0.05) is 33.3 Å². The van der Waals surface area contributed by atoms with Gasteiger partial charge in [0.25, 0.3) is 0 Å². The molecule has 0 atom stereocenters. The minimum Gasteiger partial charge on any atom is -0.300 e. The Balaban J connectivity index is 1.68. The lowest BCUT2D eigenvalue weighted by atomic mass is 9.95. The third-order valence-corrected chi connectivity index (χ3v) is 4.65. The molecule has 1 aliphatic carbocycles. The molecule has 0 bridgehead atoms. The van der Waals surface area contributed by atoms with Crippen molar-refractivity contribution in [2.45, 2.75) is 24.8 Å². The monoisotopic (exact) mass is 334 g/mol. The highest BCUT2D eigenvalue weighted by molar-refractivity contribution is 9.10. The van der Waals surface area contributed by atoms with E-state index in [2.05, 4.69) is 62.5 Å². The lowest BCUT2D eigenvalue weighted by Crippen LogP contribution is -2.29. The molecule has 0 amide bonds. The first-order chi connectivity index (χ1) is 9.59. The summed E-state index contributed by atoms with van der Waals surface area (Å²) in [7, 11) is 4.11. The van der Waals surface area contributed by atoms with Crippen LogP contribution in [0.15, 0.2) is 34.9 Å². The molecule has 106 valence electrons. The number of benzene rings is 1. The zero-order valence-electron chi connectivity index (χ0n) is 11.9. The average Bonchev–Trinajstić information content (AvgIpc) is 3.08. The number of aromatic nitrogens is 3. The Labute approximate surface area is 127 Å². The molecule has 20 heavy (non-hydrogen) atoms. The van der Waals surface area contributed by atoms with E-state index >= 15 is 0 Å². The molecule has 0 N–H and O–H groups in total. The smallest absolute Gasteiger partial charge is 0.0738 e. The molecular weight excluding hydrogens is 316 g/mol. The first-order valence-electron chi connectivity index (χ1n) is 6.87. The van der Waals surface area contributed by atoms with Gasteiger partial charge in [0.1, 0.15) is 0 Å². The van der Waals surface area contributed by atoms with Crippen LogP contribution in [0.2, 0.25) is 0 Å². The Morgan fingerprint density at radius 3 is 2.55 bits per heavy atom. The molecule has 1 aromatic carbocycles. The van der Waals surface area contributed by atoms with E-state index in [9.17, 15) is 0 Å². The summed E-state index contributed by atoms with van der Waals surface area (Å²) in [5.74, 6) is 0. The Kier molecular flexibility index (Phi) is 3.65. The normalized spacial score (nSPS) is 16.6. The van der Waals surface area contributed by atoms with Gasteiger partial charge in [-0.25, -0.2) is 0 Å². The second-order valence-electron chi connectivity index (χ2n) is 5.81. The van der Waals surface area contributed by atoms with Crippen molar-refractivity contribution in [2.75, 3.05) is 13.6 Å². The standard InChI is InChI=1S/C15H19BrN4/c1-19(10-14-9-17-18-20(14)2)11-15(7-8-15)12-3-5-13(16)6-4-12/h3-6,9H,7-8,10-11H2,1-2H3. The van der Waals surface area contributed by atoms with Crippen LogP contribution in [0.5, 0.6) is 0 Å². The minimum absolute atomic E-state index is 0.349. The van der Waals surface area contributed by atoms with Gasteiger partial charge in [-0.2, -0.15) is 0 Å². The molecule has 1 aliphatic rings. The fourth-order valence-corrected chi connectivity index (χ4v) is 3.06. The van der Waals surface area contributed by atoms with Crippen molar-refractivity contribution < 1.29 is 0 Å². The Morgan fingerprint density at radius 1 is 1.30 bits per heavy atom. The van der Waals surface area contributed by atoms with Gasteiger partial charge in [-0.3, -0.25) is 9.58 Å². The average molecular weight is 335 g/mol. The summed E-state index contributed by atoms with van der Waals surface area (Å²) in [6.45, 7) is 1.97. The van der Waals surface area contributed by atoms with E-state index in [1.165, 1.54) is 18.4 Å². The van der Waals surface area contributed by atoms with Crippen molar-refractivity contribution in [2.24, 2.45) is 7.05 Å². The van der Waals surface area contributed by atoms with Gasteiger partial charge in [0.2, 0.25) is 0 Å². The Morgan fingerprint density at radius 2 is 2.00 bits per heavy atom. The third kappa shape index (κ3) is 2.79. The molecule has 1 aromatic heterocycles. The lowest BCUT2D eigenvalue weighted by Gasteiger charge is -2.24. The third-order valence-electron chi connectivity index (χ3n) is 4.12. The second-order valence-corrected chi connectivity index (χ2v) is 6.72. The molecule has 2 aromatic rings. The maximum atomic E-state index is 3.98. The van der Waals surface area contributed by atoms with E-state index < -0.39 is 0 Å². The van der Waals surface area contributed by atoms with Crippen LogP contribution < -0.4 is 0 Å². The molecule has 5 heteroatoms. The predicted molar refractivity (Wildman–Crippen MR) is 82.4 cm³/mol. The van der Waals surface area contributed by atoms with Crippen molar-refractivity contribution >= 4 is 15.9 Å². The largest absolute Gasteiger partial charge is 0.300 e. The molecule has 3 rings (SSSR count). The first-order valence-corrected chi connectivity index (χ1v) is 7.66. The van der Waals surface area contributed by atoms with Crippen LogP contribution in [0.3, 0.4) is 0 Å². The predicted octanol–water partition coefficient (Wildman–Crippen LogP) is 2.74. The van der Waals surface area contributed by atoms with E-state index in [4.69, 9.17) is 0 Å². The summed E-state index contributed by atoms with van der Waals surface area (Å²) in [5, 5.41) is 7.92. The Bertz CT molecular complexity index is 586. The van der Waals surface area contributed by atoms with E-state index in [0.29, 0.717) is 5.41 Å². The molecule has 0 aliphatic heterocycles. The molecule has 0 unspecified atom stereocenters. The van der Waals surface area contributed by atoms with E-state index in [1.54, 1.807) is 0 Å². The maximum Gasteiger partial charge on any atom is 0.0738 e. The number of halogens is 1. The van der Waals surface area contributed by atoms with Crippen LogP contribution in [0, 0.1) is 0 Å². The van der Waals surface area contributed by atoms with E-state index in [-0.39, 0.29) is 0 Å². The highest BCUT2D eigenvalue weighted by atomic mass is 79.9. The molecule has 1 fully saturated rings. The molecule has 1 saturated carbocycles. The fraction of sp³-hybridized carbons (Fsp3) is 0.467. The van der Waals surface area contributed by atoms with Gasteiger partial charge < -0.3 is 0 Å². The van der Waals surface area contributed by atoms with Crippen LogP contribution in [0.4, 0.5) is 0 Å². The number of likely N-dealkylation sites (N-methyl/N-ethyl adjacent to an activating group) is 1. The molecular formula is C15H19BrN4. The summed E-state index contributed by atoms with van der Waals surface area (Å²) in [4.78, 5) is 2.37. The fourth-order valence-electron chi connectivity index (χ4n) is 2.80. The zero-order valence-corrected chi connectivity index (χ0v) is 13.5. The molecule has 0 radical (unpaired) electrons. The Hall–Kier alpha value is -1.20. The first kappa shape index (κ1) is 13.8. The molecule has 4 nitrogen and oxygen atoms in total. The number of nitrogens with zero attached hydrogens (tertiary/aromatic N) is 4. The minimum atomic E-state index is 0.349. The van der Waals surface area contributed by atoms with Crippen LogP contribution in [-0.4, -0.2) is 33.5 Å². The second kappa shape index (κ2) is 5.30. The van der Waals surface area contributed by atoms with Crippen LogP contribution in [0.25, 0.3) is 0 Å². The van der Waals surface area contributed by atoms with Crippen molar-refractivity contribution in [1.82, 2.24) is 19.9 Å². The SMILES string of the molecule is CN(Cc1cnnn1C)CC1(c2ccc(Br)cc2)CC1. The topological polar surface area (TPSA) is 34.0 Å². The summed E-state index contributed by atoms with van der Waals surface area (Å²) in [6, 6.07) is 8.77. The number of hydrogen-bond donors (Lipinski definition) is 0. The van der Waals surface area contributed by atoms with Gasteiger partial charge in [0, 0.05) is 30.0 Å². The quantitative estimate of drug-likeness (QED) is 0.843. The van der Waals surface area contributed by atoms with Crippen LogP contribution >= 0.6 is 15.9 Å². The summed E-state index contributed by atoms with van der Waals surface area (Å²) in [5.41, 5.74) is 2.95. The van der Waals surface area contributed by atoms with Gasteiger partial charge >= 0.3 is 0 Å². The van der Waals surface area contributed by atoms with Gasteiger partial charge in [0.15, 0.2) is 0 Å². The molecule has 1 heterocycles. The summed E-state index contributed by atoms with van der Waals surface area (Å²) in [6.07, 6.45) is 4.40.